The first-order valence-electron chi connectivity index (χ1n) is 12.2. The molecule has 0 bridgehead atoms. The number of nitrogens with one attached hydrogen (secondary N) is 2. The lowest BCUT2D eigenvalue weighted by Gasteiger charge is -2.29. The van der Waals surface area contributed by atoms with Gasteiger partial charge in [0, 0.05) is 30.3 Å². The van der Waals surface area contributed by atoms with E-state index < -0.39 is 41.2 Å². The van der Waals surface area contributed by atoms with Crippen LogP contribution in [0.4, 0.5) is 5.69 Å². The molecule has 37 heavy (non-hydrogen) atoms. The van der Waals surface area contributed by atoms with Crippen LogP contribution in [0.3, 0.4) is 0 Å². The molecule has 0 saturated carbocycles. The van der Waals surface area contributed by atoms with Crippen LogP contribution < -0.4 is 20.1 Å². The van der Waals surface area contributed by atoms with Crippen molar-refractivity contribution >= 4 is 29.4 Å². The Hall–Kier alpha value is -3.92. The van der Waals surface area contributed by atoms with E-state index in [1.807, 2.05) is 25.1 Å². The monoisotopic (exact) mass is 507 g/mol. The van der Waals surface area contributed by atoms with Gasteiger partial charge in [0.05, 0.1) is 26.1 Å². The largest absolute Gasteiger partial charge is 0.493 e. The van der Waals surface area contributed by atoms with E-state index in [-0.39, 0.29) is 25.3 Å². The maximum Gasteiger partial charge on any atom is 0.303 e. The summed E-state index contributed by atoms with van der Waals surface area (Å²) in [5.74, 6) is -2.90. The lowest BCUT2D eigenvalue weighted by molar-refractivity contribution is -0.143. The van der Waals surface area contributed by atoms with E-state index in [2.05, 4.69) is 10.6 Å². The number of likely N-dealkylation sites (tertiary alicyclic amines) is 1. The number of fused-ring (bicyclic) bond motifs is 4. The number of aliphatic carboxylic acids is 1. The number of imide groups is 1. The van der Waals surface area contributed by atoms with Crippen molar-refractivity contribution in [3.63, 3.8) is 0 Å². The van der Waals surface area contributed by atoms with Crippen LogP contribution in [-0.4, -0.2) is 60.5 Å². The number of aryl methyl sites for hydroxylation is 1. The Morgan fingerprint density at radius 1 is 1.05 bits per heavy atom. The molecule has 2 saturated heterocycles. The third kappa shape index (κ3) is 3.83. The average Bonchev–Trinajstić information content (AvgIpc) is 3.45. The number of rotatable bonds is 8. The van der Waals surface area contributed by atoms with Gasteiger partial charge in [-0.3, -0.25) is 29.4 Å². The smallest absolute Gasteiger partial charge is 0.303 e. The predicted molar refractivity (Wildman–Crippen MR) is 132 cm³/mol. The molecule has 0 unspecified atom stereocenters. The summed E-state index contributed by atoms with van der Waals surface area (Å²) in [5.41, 5.74) is 1.53. The molecule has 0 aliphatic carbocycles. The zero-order chi connectivity index (χ0) is 26.5. The summed E-state index contributed by atoms with van der Waals surface area (Å²) in [5, 5.41) is 15.4. The number of hydrogen-bond donors (Lipinski definition) is 3. The van der Waals surface area contributed by atoms with Crippen LogP contribution in [0, 0.1) is 18.8 Å². The first-order chi connectivity index (χ1) is 17.7. The lowest BCUT2D eigenvalue weighted by Crippen LogP contribution is -2.53. The first kappa shape index (κ1) is 24.8. The normalized spacial score (nSPS) is 25.9. The van der Waals surface area contributed by atoms with Gasteiger partial charge < -0.3 is 19.9 Å². The molecule has 0 radical (unpaired) electrons. The van der Waals surface area contributed by atoms with Crippen molar-refractivity contribution in [3.8, 4) is 11.5 Å². The molecule has 4 atom stereocenters. The van der Waals surface area contributed by atoms with Crippen molar-refractivity contribution in [2.75, 3.05) is 26.1 Å². The molecule has 10 nitrogen and oxygen atoms in total. The maximum atomic E-state index is 13.9. The van der Waals surface area contributed by atoms with Crippen LogP contribution in [-0.2, 0) is 31.1 Å². The molecular weight excluding hydrogens is 478 g/mol. The number of carbonyl (C=O) groups excluding carboxylic acids is 3. The van der Waals surface area contributed by atoms with Crippen molar-refractivity contribution in [2.45, 2.75) is 37.8 Å². The minimum Gasteiger partial charge on any atom is -0.493 e. The lowest BCUT2D eigenvalue weighted by atomic mass is 9.76. The third-order valence-corrected chi connectivity index (χ3v) is 7.70. The van der Waals surface area contributed by atoms with Gasteiger partial charge >= 0.3 is 5.97 Å². The third-order valence-electron chi connectivity index (χ3n) is 7.70. The van der Waals surface area contributed by atoms with Crippen LogP contribution in [0.15, 0.2) is 36.4 Å². The maximum absolute atomic E-state index is 13.9. The van der Waals surface area contributed by atoms with Gasteiger partial charge in [-0.1, -0.05) is 23.8 Å². The predicted octanol–water partition coefficient (Wildman–Crippen LogP) is 1.84. The highest BCUT2D eigenvalue weighted by Gasteiger charge is 2.70. The molecule has 1 spiro atoms. The SMILES string of the molecule is COc1ccc(CCN2C(=O)[C@@H]3[C@H](CCC(=O)O)N[C@]4(C(=O)Nc5ccc(C)cc54)[C@H]3C2=O)cc1OC. The standard InChI is InChI=1S/C27H29N3O7/c1-14-4-6-17-16(12-14)27(26(35)28-17)23-22(18(29-27)7-9-21(31)32)24(33)30(25(23)34)11-10-15-5-8-19(36-2)20(13-15)37-3/h4-6,8,12-13,18,22-23,29H,7,9-11H2,1-3H3,(H,28,35)(H,31,32)/t18-,22+,23+,27-/m0/s1. The van der Waals surface area contributed by atoms with Crippen molar-refractivity contribution in [2.24, 2.45) is 11.8 Å². The number of carboxylic acids is 1. The Kier molecular flexibility index (Phi) is 6.15. The zero-order valence-electron chi connectivity index (χ0n) is 20.9. The number of ether oxygens (including phenoxy) is 2. The molecule has 2 fully saturated rings. The second-order valence-corrected chi connectivity index (χ2v) is 9.77. The number of nitrogens with zero attached hydrogens (tertiary/aromatic N) is 1. The highest BCUT2D eigenvalue weighted by Crippen LogP contribution is 2.53. The summed E-state index contributed by atoms with van der Waals surface area (Å²) in [6.45, 7) is 2.02. The van der Waals surface area contributed by atoms with E-state index in [1.165, 1.54) is 12.0 Å². The molecule has 3 heterocycles. The van der Waals surface area contributed by atoms with Crippen molar-refractivity contribution in [3.05, 3.63) is 53.1 Å². The fourth-order valence-corrected chi connectivity index (χ4v) is 6.00. The molecule has 2 aromatic carbocycles. The minimum absolute atomic E-state index is 0.120. The van der Waals surface area contributed by atoms with Crippen molar-refractivity contribution < 1.29 is 33.8 Å². The van der Waals surface area contributed by atoms with Crippen LogP contribution in [0.2, 0.25) is 0 Å². The molecule has 0 aromatic heterocycles. The van der Waals surface area contributed by atoms with E-state index in [0.29, 0.717) is 29.2 Å². The molecule has 3 aliphatic heterocycles. The summed E-state index contributed by atoms with van der Waals surface area (Å²) < 4.78 is 10.6. The number of carbonyl (C=O) groups is 4. The van der Waals surface area contributed by atoms with Gasteiger partial charge in [0.15, 0.2) is 11.5 Å². The van der Waals surface area contributed by atoms with Gasteiger partial charge in [-0.15, -0.1) is 0 Å². The minimum atomic E-state index is -1.43. The van der Waals surface area contributed by atoms with Crippen LogP contribution in [0.1, 0.15) is 29.5 Å². The van der Waals surface area contributed by atoms with Gasteiger partial charge in [0.2, 0.25) is 17.7 Å². The number of amides is 3. The highest BCUT2D eigenvalue weighted by atomic mass is 16.5. The summed E-state index contributed by atoms with van der Waals surface area (Å²) in [4.78, 5) is 53.6. The molecule has 3 aliphatic rings. The number of anilines is 1. The van der Waals surface area contributed by atoms with Gasteiger partial charge in [0.1, 0.15) is 5.54 Å². The number of hydrogen-bond acceptors (Lipinski definition) is 7. The van der Waals surface area contributed by atoms with Crippen LogP contribution in [0.5, 0.6) is 11.5 Å². The van der Waals surface area contributed by atoms with Crippen LogP contribution in [0.25, 0.3) is 0 Å². The van der Waals surface area contributed by atoms with E-state index in [9.17, 15) is 24.3 Å². The second-order valence-electron chi connectivity index (χ2n) is 9.77. The van der Waals surface area contributed by atoms with Crippen molar-refractivity contribution in [1.82, 2.24) is 10.2 Å². The molecule has 194 valence electrons. The second kappa shape index (κ2) is 9.19. The summed E-state index contributed by atoms with van der Waals surface area (Å²) in [6.07, 6.45) is 0.320. The number of benzene rings is 2. The number of carboxylic acid groups (broad SMARTS) is 1. The Balaban J connectivity index is 1.48. The van der Waals surface area contributed by atoms with Gasteiger partial charge in [-0.25, -0.2) is 0 Å². The van der Waals surface area contributed by atoms with Gasteiger partial charge in [-0.05, 0) is 43.5 Å². The average molecular weight is 508 g/mol. The zero-order valence-corrected chi connectivity index (χ0v) is 20.9. The van der Waals surface area contributed by atoms with E-state index in [1.54, 1.807) is 25.3 Å². The fraction of sp³-hybridized carbons (Fsp3) is 0.407. The van der Waals surface area contributed by atoms with Crippen LogP contribution >= 0.6 is 0 Å². The van der Waals surface area contributed by atoms with E-state index in [4.69, 9.17) is 9.47 Å². The Labute approximate surface area is 213 Å². The summed E-state index contributed by atoms with van der Waals surface area (Å²) in [6, 6.07) is 10.3. The highest BCUT2D eigenvalue weighted by molar-refractivity contribution is 6.15. The van der Waals surface area contributed by atoms with Gasteiger partial charge in [-0.2, -0.15) is 0 Å². The first-order valence-corrected chi connectivity index (χ1v) is 12.2. The van der Waals surface area contributed by atoms with Crippen molar-refractivity contribution in [1.29, 1.82) is 0 Å². The molecule has 2 aromatic rings. The number of methoxy groups -OCH3 is 2. The molecule has 10 heteroatoms. The summed E-state index contributed by atoms with van der Waals surface area (Å²) in [7, 11) is 3.08. The van der Waals surface area contributed by atoms with E-state index >= 15 is 0 Å². The Bertz CT molecular complexity index is 1310. The molecule has 3 N–H and O–H groups in total. The quantitative estimate of drug-likeness (QED) is 0.461. The van der Waals surface area contributed by atoms with E-state index in [0.717, 1.165) is 11.1 Å². The Morgan fingerprint density at radius 3 is 2.51 bits per heavy atom. The molecular formula is C27H29N3O7. The Morgan fingerprint density at radius 2 is 1.81 bits per heavy atom. The molecule has 3 amide bonds. The topological polar surface area (TPSA) is 134 Å². The fourth-order valence-electron chi connectivity index (χ4n) is 6.00. The van der Waals surface area contributed by atoms with Gasteiger partial charge in [0.25, 0.3) is 0 Å². The molecule has 5 rings (SSSR count). The summed E-state index contributed by atoms with van der Waals surface area (Å²) >= 11 is 0.